The number of hydrogen-bond donors (Lipinski definition) is 2. The van der Waals surface area contributed by atoms with Gasteiger partial charge in [-0.3, -0.25) is 9.59 Å². The van der Waals surface area contributed by atoms with E-state index in [-0.39, 0.29) is 24.1 Å². The number of rotatable bonds is 12. The molecule has 0 atom stereocenters. The SMILES string of the molecule is C=CCn1c(CNC(=O)c2ccc(OC)c(OC)c2)nnc1SCC(=O)Nc1ccccc1CC. The normalized spacial score (nSPS) is 10.5. The molecular weight excluding hydrogens is 466 g/mol. The molecule has 0 radical (unpaired) electrons. The number of hydrogen-bond acceptors (Lipinski definition) is 7. The summed E-state index contributed by atoms with van der Waals surface area (Å²) in [5.41, 5.74) is 2.32. The van der Waals surface area contributed by atoms with Gasteiger partial charge in [-0.2, -0.15) is 0 Å². The summed E-state index contributed by atoms with van der Waals surface area (Å²) >= 11 is 1.27. The minimum absolute atomic E-state index is 0.132. The first-order chi connectivity index (χ1) is 17.0. The molecule has 3 aromatic rings. The second-order valence-electron chi connectivity index (χ2n) is 7.40. The lowest BCUT2D eigenvalue weighted by molar-refractivity contribution is -0.113. The van der Waals surface area contributed by atoms with Crippen molar-refractivity contribution in [1.29, 1.82) is 0 Å². The quantitative estimate of drug-likeness (QED) is 0.291. The van der Waals surface area contributed by atoms with Crippen molar-refractivity contribution in [3.63, 3.8) is 0 Å². The van der Waals surface area contributed by atoms with Gasteiger partial charge >= 0.3 is 0 Å². The molecule has 3 rings (SSSR count). The molecule has 0 aliphatic rings. The number of aromatic nitrogens is 3. The van der Waals surface area contributed by atoms with E-state index in [1.165, 1.54) is 26.0 Å². The van der Waals surface area contributed by atoms with Crippen LogP contribution < -0.4 is 20.1 Å². The summed E-state index contributed by atoms with van der Waals surface area (Å²) in [5, 5.41) is 14.8. The molecule has 10 heteroatoms. The fourth-order valence-corrected chi connectivity index (χ4v) is 4.14. The molecule has 0 unspecified atom stereocenters. The summed E-state index contributed by atoms with van der Waals surface area (Å²) in [6, 6.07) is 12.7. The second kappa shape index (κ2) is 12.6. The first-order valence-electron chi connectivity index (χ1n) is 11.0. The molecule has 0 saturated carbocycles. The molecule has 2 aromatic carbocycles. The van der Waals surface area contributed by atoms with Gasteiger partial charge in [0.15, 0.2) is 22.5 Å². The van der Waals surface area contributed by atoms with Crippen LogP contribution >= 0.6 is 11.8 Å². The Kier molecular flexibility index (Phi) is 9.31. The molecule has 0 saturated heterocycles. The molecule has 0 aliphatic heterocycles. The average Bonchev–Trinajstić information content (AvgIpc) is 3.27. The number of carbonyl (C=O) groups excluding carboxylic acids is 2. The monoisotopic (exact) mass is 495 g/mol. The number of benzene rings is 2. The highest BCUT2D eigenvalue weighted by atomic mass is 32.2. The fourth-order valence-electron chi connectivity index (χ4n) is 3.37. The van der Waals surface area contributed by atoms with Gasteiger partial charge in [0.05, 0.1) is 26.5 Å². The summed E-state index contributed by atoms with van der Waals surface area (Å²) in [5.74, 6) is 1.31. The van der Waals surface area contributed by atoms with Gasteiger partial charge in [-0.15, -0.1) is 16.8 Å². The molecule has 1 aromatic heterocycles. The lowest BCUT2D eigenvalue weighted by atomic mass is 10.1. The lowest BCUT2D eigenvalue weighted by Gasteiger charge is -2.11. The van der Waals surface area contributed by atoms with E-state index in [0.29, 0.717) is 34.6 Å². The van der Waals surface area contributed by atoms with E-state index in [0.717, 1.165) is 17.7 Å². The number of anilines is 1. The Bertz CT molecular complexity index is 1190. The van der Waals surface area contributed by atoms with Gasteiger partial charge in [0, 0.05) is 17.8 Å². The third-order valence-corrected chi connectivity index (χ3v) is 6.13. The minimum Gasteiger partial charge on any atom is -0.493 e. The number of allylic oxidation sites excluding steroid dienone is 1. The highest BCUT2D eigenvalue weighted by molar-refractivity contribution is 7.99. The highest BCUT2D eigenvalue weighted by Crippen LogP contribution is 2.27. The van der Waals surface area contributed by atoms with Gasteiger partial charge in [-0.25, -0.2) is 0 Å². The zero-order valence-corrected chi connectivity index (χ0v) is 20.9. The van der Waals surface area contributed by atoms with E-state index in [2.05, 4.69) is 27.4 Å². The zero-order valence-electron chi connectivity index (χ0n) is 20.0. The predicted octanol–water partition coefficient (Wildman–Crippen LogP) is 3.70. The number of amides is 2. The topological polar surface area (TPSA) is 107 Å². The molecule has 0 bridgehead atoms. The summed E-state index contributed by atoms with van der Waals surface area (Å²) in [7, 11) is 3.05. The smallest absolute Gasteiger partial charge is 0.251 e. The maximum Gasteiger partial charge on any atom is 0.251 e. The Morgan fingerprint density at radius 1 is 1.11 bits per heavy atom. The van der Waals surface area contributed by atoms with Crippen LogP contribution in [-0.2, 0) is 24.3 Å². The maximum absolute atomic E-state index is 12.7. The summed E-state index contributed by atoms with van der Waals surface area (Å²) in [6.45, 7) is 6.43. The number of carbonyl (C=O) groups is 2. The molecule has 2 amide bonds. The Morgan fingerprint density at radius 3 is 2.60 bits per heavy atom. The van der Waals surface area contributed by atoms with Crippen molar-refractivity contribution >= 4 is 29.3 Å². The molecule has 9 nitrogen and oxygen atoms in total. The minimum atomic E-state index is -0.290. The van der Waals surface area contributed by atoms with Gasteiger partial charge in [0.1, 0.15) is 0 Å². The van der Waals surface area contributed by atoms with Gasteiger partial charge in [0.25, 0.3) is 5.91 Å². The van der Waals surface area contributed by atoms with Crippen molar-refractivity contribution in [2.75, 3.05) is 25.3 Å². The Morgan fingerprint density at radius 2 is 1.89 bits per heavy atom. The van der Waals surface area contributed by atoms with E-state index >= 15 is 0 Å². The highest BCUT2D eigenvalue weighted by Gasteiger charge is 2.16. The van der Waals surface area contributed by atoms with Crippen LogP contribution in [0.1, 0.15) is 28.7 Å². The van der Waals surface area contributed by atoms with Crippen molar-refractivity contribution < 1.29 is 19.1 Å². The molecule has 35 heavy (non-hydrogen) atoms. The van der Waals surface area contributed by atoms with Gasteiger partial charge < -0.3 is 24.7 Å². The third-order valence-electron chi connectivity index (χ3n) is 5.16. The molecule has 0 spiro atoms. The van der Waals surface area contributed by atoms with Gasteiger partial charge in [0.2, 0.25) is 5.91 Å². The average molecular weight is 496 g/mol. The van der Waals surface area contributed by atoms with Gasteiger partial charge in [-0.05, 0) is 36.2 Å². The van der Waals surface area contributed by atoms with Crippen molar-refractivity contribution in [2.24, 2.45) is 0 Å². The first kappa shape index (κ1) is 25.8. The summed E-state index contributed by atoms with van der Waals surface area (Å²) in [4.78, 5) is 25.2. The standard InChI is InChI=1S/C25H29N5O4S/c1-5-13-30-22(15-26-24(32)18-11-12-20(33-3)21(14-18)34-4)28-29-25(30)35-16-23(31)27-19-10-8-7-9-17(19)6-2/h5,7-12,14H,1,6,13,15-16H2,2-4H3,(H,26,32)(H,27,31). The number of para-hydroxylation sites is 1. The molecule has 1 heterocycles. The number of aryl methyl sites for hydroxylation is 1. The van der Waals surface area contributed by atoms with Crippen molar-refractivity contribution in [3.8, 4) is 11.5 Å². The molecular formula is C25H29N5O4S. The van der Waals surface area contributed by atoms with E-state index in [4.69, 9.17) is 9.47 Å². The van der Waals surface area contributed by atoms with Crippen LogP contribution in [0.3, 0.4) is 0 Å². The van der Waals surface area contributed by atoms with E-state index in [9.17, 15) is 9.59 Å². The van der Waals surface area contributed by atoms with Crippen LogP contribution in [0.25, 0.3) is 0 Å². The number of nitrogens with one attached hydrogen (secondary N) is 2. The Hall–Kier alpha value is -3.79. The molecule has 0 fully saturated rings. The van der Waals surface area contributed by atoms with Crippen molar-refractivity contribution in [2.45, 2.75) is 31.6 Å². The van der Waals surface area contributed by atoms with Crippen molar-refractivity contribution in [1.82, 2.24) is 20.1 Å². The zero-order chi connectivity index (χ0) is 25.2. The third kappa shape index (κ3) is 6.63. The van der Waals surface area contributed by atoms with Crippen LogP contribution in [0.2, 0.25) is 0 Å². The molecule has 184 valence electrons. The Balaban J connectivity index is 1.63. The summed E-state index contributed by atoms with van der Waals surface area (Å²) in [6.07, 6.45) is 2.54. The number of ether oxygens (including phenoxy) is 2. The van der Waals surface area contributed by atoms with E-state index < -0.39 is 0 Å². The lowest BCUT2D eigenvalue weighted by Crippen LogP contribution is -2.25. The van der Waals surface area contributed by atoms with Crippen LogP contribution in [0.4, 0.5) is 5.69 Å². The maximum atomic E-state index is 12.7. The van der Waals surface area contributed by atoms with Crippen LogP contribution in [0.5, 0.6) is 11.5 Å². The predicted molar refractivity (Wildman–Crippen MR) is 136 cm³/mol. The van der Waals surface area contributed by atoms with Crippen LogP contribution in [0.15, 0.2) is 60.3 Å². The van der Waals surface area contributed by atoms with Crippen LogP contribution in [-0.4, -0.2) is 46.6 Å². The van der Waals surface area contributed by atoms with E-state index in [1.807, 2.05) is 35.8 Å². The van der Waals surface area contributed by atoms with Crippen molar-refractivity contribution in [3.05, 3.63) is 72.1 Å². The Labute approximate surface area is 208 Å². The summed E-state index contributed by atoms with van der Waals surface area (Å²) < 4.78 is 12.3. The second-order valence-corrected chi connectivity index (χ2v) is 8.34. The molecule has 2 N–H and O–H groups in total. The number of nitrogens with zero attached hydrogens (tertiary/aromatic N) is 3. The largest absolute Gasteiger partial charge is 0.493 e. The van der Waals surface area contributed by atoms with Gasteiger partial charge in [-0.1, -0.05) is 43.0 Å². The fraction of sp³-hybridized carbons (Fsp3) is 0.280. The number of methoxy groups -OCH3 is 2. The first-order valence-corrected chi connectivity index (χ1v) is 12.0. The molecule has 0 aliphatic carbocycles. The van der Waals surface area contributed by atoms with E-state index in [1.54, 1.807) is 24.3 Å². The number of thioether (sulfide) groups is 1. The van der Waals surface area contributed by atoms with Crippen LogP contribution in [0, 0.1) is 0 Å².